The Bertz CT molecular complexity index is 302. The van der Waals surface area contributed by atoms with Crippen LogP contribution in [0.2, 0.25) is 0 Å². The van der Waals surface area contributed by atoms with Crippen molar-refractivity contribution in [2.75, 3.05) is 7.11 Å². The summed E-state index contributed by atoms with van der Waals surface area (Å²) in [7, 11) is 1.63. The fraction of sp³-hybridized carbons (Fsp3) is 0.333. The molecule has 0 aromatic heterocycles. The Balaban J connectivity index is 3.13. The molecule has 0 saturated carbocycles. The van der Waals surface area contributed by atoms with Gasteiger partial charge in [-0.1, -0.05) is 6.07 Å². The van der Waals surface area contributed by atoms with E-state index in [1.807, 2.05) is 19.9 Å². The highest BCUT2D eigenvalue weighted by Gasteiger charge is 2.08. The normalized spacial score (nSPS) is 10.2. The van der Waals surface area contributed by atoms with Crippen molar-refractivity contribution in [1.29, 1.82) is 0 Å². The first-order valence-electron chi connectivity index (χ1n) is 3.87. The number of nitrogens with two attached hydrogens (primary N) is 1. The topological polar surface area (TPSA) is 44.5 Å². The van der Waals surface area contributed by atoms with E-state index in [0.717, 1.165) is 33.8 Å². The molecular formula is C9H13NO2S. The molecule has 0 unspecified atom stereocenters. The highest BCUT2D eigenvalue weighted by Crippen LogP contribution is 2.33. The molecule has 0 aliphatic heterocycles. The van der Waals surface area contributed by atoms with Crippen molar-refractivity contribution in [2.24, 2.45) is 5.90 Å². The van der Waals surface area contributed by atoms with Crippen molar-refractivity contribution < 1.29 is 9.02 Å². The molecule has 0 radical (unpaired) electrons. The third-order valence-electron chi connectivity index (χ3n) is 1.74. The Labute approximate surface area is 82.4 Å². The number of ether oxygens (including phenoxy) is 1. The van der Waals surface area contributed by atoms with Crippen molar-refractivity contribution in [1.82, 2.24) is 0 Å². The second kappa shape index (κ2) is 4.50. The summed E-state index contributed by atoms with van der Waals surface area (Å²) in [5.41, 5.74) is 2.27. The second-order valence-electron chi connectivity index (χ2n) is 2.79. The number of hydrogen-bond acceptors (Lipinski definition) is 4. The lowest BCUT2D eigenvalue weighted by Gasteiger charge is -2.10. The molecule has 0 atom stereocenters. The first-order valence-corrected chi connectivity index (χ1v) is 4.62. The number of rotatable bonds is 3. The minimum Gasteiger partial charge on any atom is -0.495 e. The van der Waals surface area contributed by atoms with Crippen molar-refractivity contribution in [2.45, 2.75) is 18.7 Å². The second-order valence-corrected chi connectivity index (χ2v) is 3.56. The molecule has 13 heavy (non-hydrogen) atoms. The van der Waals surface area contributed by atoms with Gasteiger partial charge in [-0.25, -0.2) is 10.2 Å². The van der Waals surface area contributed by atoms with Crippen molar-refractivity contribution in [3.63, 3.8) is 0 Å². The Kier molecular flexibility index (Phi) is 3.59. The van der Waals surface area contributed by atoms with E-state index in [1.165, 1.54) is 0 Å². The zero-order valence-corrected chi connectivity index (χ0v) is 8.77. The van der Waals surface area contributed by atoms with Gasteiger partial charge in [-0.3, -0.25) is 0 Å². The number of hydrogen-bond donors (Lipinski definition) is 1. The molecule has 0 spiro atoms. The lowest BCUT2D eigenvalue weighted by molar-refractivity contribution is 0.385. The minimum absolute atomic E-state index is 0.799. The molecule has 72 valence electrons. The molecule has 0 aliphatic carbocycles. The Hall–Kier alpha value is -0.710. The molecule has 0 heterocycles. The van der Waals surface area contributed by atoms with Crippen LogP contribution in [-0.4, -0.2) is 7.11 Å². The fourth-order valence-electron chi connectivity index (χ4n) is 1.22. The van der Waals surface area contributed by atoms with Gasteiger partial charge >= 0.3 is 0 Å². The van der Waals surface area contributed by atoms with E-state index in [-0.39, 0.29) is 0 Å². The quantitative estimate of drug-likeness (QED) is 0.598. The maximum Gasteiger partial charge on any atom is 0.135 e. The molecule has 0 saturated heterocycles. The van der Waals surface area contributed by atoms with Crippen LogP contribution in [0.4, 0.5) is 0 Å². The zero-order chi connectivity index (χ0) is 9.84. The van der Waals surface area contributed by atoms with Gasteiger partial charge in [0.1, 0.15) is 5.75 Å². The third kappa shape index (κ3) is 2.37. The smallest absolute Gasteiger partial charge is 0.135 e. The van der Waals surface area contributed by atoms with Crippen molar-refractivity contribution >= 4 is 12.0 Å². The summed E-state index contributed by atoms with van der Waals surface area (Å²) in [6, 6.07) is 4.01. The molecule has 1 rings (SSSR count). The number of methoxy groups -OCH3 is 1. The van der Waals surface area contributed by atoms with Crippen LogP contribution in [0, 0.1) is 13.8 Å². The van der Waals surface area contributed by atoms with Crippen molar-refractivity contribution in [3.05, 3.63) is 23.3 Å². The van der Waals surface area contributed by atoms with Crippen LogP contribution in [-0.2, 0) is 4.28 Å². The van der Waals surface area contributed by atoms with Gasteiger partial charge in [0.05, 0.1) is 24.0 Å². The molecule has 3 nitrogen and oxygen atoms in total. The van der Waals surface area contributed by atoms with Crippen LogP contribution in [0.3, 0.4) is 0 Å². The predicted molar refractivity (Wildman–Crippen MR) is 53.6 cm³/mol. The van der Waals surface area contributed by atoms with Gasteiger partial charge in [-0.2, -0.15) is 0 Å². The molecule has 1 aromatic carbocycles. The lowest BCUT2D eigenvalue weighted by atomic mass is 10.1. The van der Waals surface area contributed by atoms with E-state index < -0.39 is 0 Å². The molecule has 0 fully saturated rings. The van der Waals surface area contributed by atoms with Crippen LogP contribution >= 0.6 is 12.0 Å². The van der Waals surface area contributed by atoms with E-state index in [2.05, 4.69) is 10.4 Å². The predicted octanol–water partition coefficient (Wildman–Crippen LogP) is 2.21. The summed E-state index contributed by atoms with van der Waals surface area (Å²) in [4.78, 5) is 0.926. The highest BCUT2D eigenvalue weighted by molar-refractivity contribution is 7.94. The van der Waals surface area contributed by atoms with E-state index in [1.54, 1.807) is 7.11 Å². The lowest BCUT2D eigenvalue weighted by Crippen LogP contribution is -1.94. The summed E-state index contributed by atoms with van der Waals surface area (Å²) in [5.74, 6) is 5.80. The average Bonchev–Trinajstić information content (AvgIpc) is 2.09. The average molecular weight is 199 g/mol. The van der Waals surface area contributed by atoms with Crippen LogP contribution in [0.15, 0.2) is 17.0 Å². The van der Waals surface area contributed by atoms with Gasteiger partial charge < -0.3 is 4.74 Å². The van der Waals surface area contributed by atoms with Gasteiger partial charge in [0.25, 0.3) is 0 Å². The summed E-state index contributed by atoms with van der Waals surface area (Å²) < 4.78 is 9.73. The first-order chi connectivity index (χ1) is 6.19. The fourth-order valence-corrected chi connectivity index (χ4v) is 1.73. The van der Waals surface area contributed by atoms with Gasteiger partial charge in [-0.15, -0.1) is 0 Å². The van der Waals surface area contributed by atoms with Gasteiger partial charge in [0, 0.05) is 0 Å². The van der Waals surface area contributed by atoms with E-state index in [9.17, 15) is 0 Å². The van der Waals surface area contributed by atoms with Gasteiger partial charge in [-0.05, 0) is 31.0 Å². The molecule has 4 heteroatoms. The van der Waals surface area contributed by atoms with Crippen LogP contribution in [0.1, 0.15) is 11.1 Å². The summed E-state index contributed by atoms with van der Waals surface area (Å²) >= 11 is 1.11. The first kappa shape index (κ1) is 10.4. The van der Waals surface area contributed by atoms with Crippen LogP contribution in [0.5, 0.6) is 5.75 Å². The van der Waals surface area contributed by atoms with E-state index in [0.29, 0.717) is 0 Å². The molecule has 0 aliphatic rings. The maximum atomic E-state index is 5.20. The van der Waals surface area contributed by atoms with E-state index in [4.69, 9.17) is 10.6 Å². The number of benzene rings is 1. The number of aryl methyl sites for hydroxylation is 2. The molecule has 0 amide bonds. The minimum atomic E-state index is 0.799. The Morgan fingerprint density at radius 1 is 1.31 bits per heavy atom. The van der Waals surface area contributed by atoms with E-state index >= 15 is 0 Å². The maximum absolute atomic E-state index is 5.20. The van der Waals surface area contributed by atoms with Gasteiger partial charge in [0.15, 0.2) is 0 Å². The Morgan fingerprint density at radius 2 is 2.00 bits per heavy atom. The molecule has 1 aromatic rings. The molecule has 0 bridgehead atoms. The summed E-state index contributed by atoms with van der Waals surface area (Å²) in [5, 5.41) is 0. The SMILES string of the molecule is COc1cc(C)cc(C)c1SON. The standard InChI is InChI=1S/C9H13NO2S/c1-6-4-7(2)9(13-12-10)8(5-6)11-3/h4-5H,10H2,1-3H3. The summed E-state index contributed by atoms with van der Waals surface area (Å²) in [6.45, 7) is 4.02. The van der Waals surface area contributed by atoms with Crippen molar-refractivity contribution in [3.8, 4) is 5.75 Å². The largest absolute Gasteiger partial charge is 0.495 e. The molecular weight excluding hydrogens is 186 g/mol. The van der Waals surface area contributed by atoms with Crippen LogP contribution in [0.25, 0.3) is 0 Å². The monoisotopic (exact) mass is 199 g/mol. The summed E-state index contributed by atoms with van der Waals surface area (Å²) in [6.07, 6.45) is 0. The van der Waals surface area contributed by atoms with Crippen LogP contribution < -0.4 is 10.6 Å². The zero-order valence-electron chi connectivity index (χ0n) is 7.96. The molecule has 2 N–H and O–H groups in total. The third-order valence-corrected chi connectivity index (χ3v) is 2.52. The van der Waals surface area contributed by atoms with Gasteiger partial charge in [0.2, 0.25) is 0 Å². The Morgan fingerprint density at radius 3 is 2.54 bits per heavy atom. The highest BCUT2D eigenvalue weighted by atomic mass is 32.2.